The van der Waals surface area contributed by atoms with Gasteiger partial charge in [-0.15, -0.1) is 0 Å². The second-order valence-electron chi connectivity index (χ2n) is 8.62. The zero-order chi connectivity index (χ0) is 24.1. The molecular formula is C25H33N5O4. The molecule has 0 radical (unpaired) electrons. The van der Waals surface area contributed by atoms with Crippen molar-refractivity contribution in [3.05, 3.63) is 65.3 Å². The lowest BCUT2D eigenvalue weighted by molar-refractivity contribution is 0.0536. The molecule has 2 unspecified atom stereocenters. The van der Waals surface area contributed by atoms with Gasteiger partial charge in [-0.3, -0.25) is 0 Å². The fourth-order valence-electron chi connectivity index (χ4n) is 4.01. The number of aromatic nitrogens is 3. The molecule has 34 heavy (non-hydrogen) atoms. The van der Waals surface area contributed by atoms with Gasteiger partial charge in [-0.2, -0.15) is 5.10 Å². The van der Waals surface area contributed by atoms with E-state index in [4.69, 9.17) is 9.84 Å². The Balaban J connectivity index is 1.34. The Kier molecular flexibility index (Phi) is 7.54. The summed E-state index contributed by atoms with van der Waals surface area (Å²) in [6, 6.07) is 15.9. The van der Waals surface area contributed by atoms with Gasteiger partial charge in [0.1, 0.15) is 24.8 Å². The maximum Gasteiger partial charge on any atom is 0.350 e. The minimum absolute atomic E-state index is 0.0716. The van der Waals surface area contributed by atoms with Gasteiger partial charge in [-0.05, 0) is 61.9 Å². The average Bonchev–Trinajstić information content (AvgIpc) is 3.28. The third-order valence-electron chi connectivity index (χ3n) is 6.33. The van der Waals surface area contributed by atoms with Gasteiger partial charge in [0.05, 0.1) is 18.3 Å². The van der Waals surface area contributed by atoms with Crippen LogP contribution in [-0.2, 0) is 0 Å². The van der Waals surface area contributed by atoms with Gasteiger partial charge in [0.2, 0.25) is 0 Å². The molecule has 1 saturated heterocycles. The van der Waals surface area contributed by atoms with Crippen LogP contribution in [0.25, 0.3) is 5.69 Å². The van der Waals surface area contributed by atoms with E-state index in [0.29, 0.717) is 5.75 Å². The molecule has 0 saturated carbocycles. The van der Waals surface area contributed by atoms with Crippen molar-refractivity contribution in [1.29, 1.82) is 0 Å². The minimum Gasteiger partial charge on any atom is -0.491 e. The van der Waals surface area contributed by atoms with E-state index >= 15 is 0 Å². The summed E-state index contributed by atoms with van der Waals surface area (Å²) in [4.78, 5) is 17.3. The van der Waals surface area contributed by atoms with Crippen LogP contribution in [0.3, 0.4) is 0 Å². The van der Waals surface area contributed by atoms with E-state index in [1.165, 1.54) is 4.68 Å². The average molecular weight is 468 g/mol. The third-order valence-corrected chi connectivity index (χ3v) is 6.33. The number of aliphatic hydroxyl groups is 2. The van der Waals surface area contributed by atoms with Crippen molar-refractivity contribution in [1.82, 2.24) is 14.3 Å². The zero-order valence-corrected chi connectivity index (χ0v) is 19.7. The van der Waals surface area contributed by atoms with Gasteiger partial charge < -0.3 is 24.7 Å². The van der Waals surface area contributed by atoms with Crippen molar-refractivity contribution in [2.24, 2.45) is 0 Å². The Hall–Kier alpha value is -3.30. The molecule has 0 amide bonds. The number of piperazine rings is 1. The van der Waals surface area contributed by atoms with Gasteiger partial charge in [-0.1, -0.05) is 6.92 Å². The lowest BCUT2D eigenvalue weighted by atomic mass is 10.2. The second kappa shape index (κ2) is 10.8. The summed E-state index contributed by atoms with van der Waals surface area (Å²) in [6.45, 7) is 7.38. The number of hydrogen-bond acceptors (Lipinski definition) is 7. The summed E-state index contributed by atoms with van der Waals surface area (Å²) in [7, 11) is 0. The maximum atomic E-state index is 12.6. The van der Waals surface area contributed by atoms with E-state index in [9.17, 15) is 9.90 Å². The lowest BCUT2D eigenvalue weighted by Crippen LogP contribution is -2.46. The summed E-state index contributed by atoms with van der Waals surface area (Å²) in [5.41, 5.74) is 2.96. The summed E-state index contributed by atoms with van der Waals surface area (Å²) in [5.74, 6) is 0.670. The Morgan fingerprint density at radius 3 is 2.00 bits per heavy atom. The number of rotatable bonds is 9. The number of hydrogen-bond donors (Lipinski definition) is 2. The van der Waals surface area contributed by atoms with Crippen molar-refractivity contribution in [2.75, 3.05) is 49.2 Å². The van der Waals surface area contributed by atoms with Crippen LogP contribution in [-0.4, -0.2) is 70.1 Å². The van der Waals surface area contributed by atoms with E-state index in [2.05, 4.69) is 27.0 Å². The molecule has 0 bridgehead atoms. The quantitative estimate of drug-likeness (QED) is 0.497. The van der Waals surface area contributed by atoms with Crippen LogP contribution in [0.2, 0.25) is 0 Å². The highest BCUT2D eigenvalue weighted by atomic mass is 16.5. The number of nitrogens with zero attached hydrogens (tertiary/aromatic N) is 5. The first-order valence-electron chi connectivity index (χ1n) is 11.8. The number of ether oxygens (including phenoxy) is 1. The Bertz CT molecular complexity index is 1100. The molecule has 0 spiro atoms. The fourth-order valence-corrected chi connectivity index (χ4v) is 4.01. The minimum atomic E-state index is -0.870. The molecule has 2 atom stereocenters. The largest absolute Gasteiger partial charge is 0.491 e. The van der Waals surface area contributed by atoms with Gasteiger partial charge in [0.15, 0.2) is 0 Å². The Morgan fingerprint density at radius 1 is 0.941 bits per heavy atom. The van der Waals surface area contributed by atoms with E-state index in [1.54, 1.807) is 10.9 Å². The molecule has 182 valence electrons. The number of benzene rings is 2. The molecule has 2 N–H and O–H groups in total. The van der Waals surface area contributed by atoms with Crippen molar-refractivity contribution >= 4 is 11.4 Å². The predicted octanol–water partition coefficient (Wildman–Crippen LogP) is 2.06. The highest BCUT2D eigenvalue weighted by molar-refractivity contribution is 5.54. The molecule has 1 aliphatic heterocycles. The van der Waals surface area contributed by atoms with Crippen LogP contribution in [0.5, 0.6) is 5.75 Å². The van der Waals surface area contributed by atoms with Crippen LogP contribution < -0.4 is 20.2 Å². The highest BCUT2D eigenvalue weighted by Gasteiger charge is 2.18. The standard InChI is InChI=1S/C25H33N5O4/c1-3-19(2)30-25(33)29(18-26-30)22-6-4-20(5-7-22)27-12-14-28(15-13-27)21-8-10-24(11-9-21)34-17-23(32)16-31/h4-11,18-19,23,31-32H,3,12-17H2,1-2H3. The molecule has 0 aliphatic carbocycles. The van der Waals surface area contributed by atoms with Crippen molar-refractivity contribution in [2.45, 2.75) is 32.4 Å². The fraction of sp³-hybridized carbons (Fsp3) is 0.440. The van der Waals surface area contributed by atoms with Crippen LogP contribution in [0, 0.1) is 0 Å². The zero-order valence-electron chi connectivity index (χ0n) is 19.7. The lowest BCUT2D eigenvalue weighted by Gasteiger charge is -2.37. The molecule has 4 rings (SSSR count). The van der Waals surface area contributed by atoms with E-state index < -0.39 is 6.10 Å². The second-order valence-corrected chi connectivity index (χ2v) is 8.62. The molecule has 2 aromatic carbocycles. The van der Waals surface area contributed by atoms with E-state index in [-0.39, 0.29) is 24.9 Å². The van der Waals surface area contributed by atoms with E-state index in [1.807, 2.05) is 50.2 Å². The van der Waals surface area contributed by atoms with Gasteiger partial charge >= 0.3 is 5.69 Å². The first-order chi connectivity index (χ1) is 16.5. The monoisotopic (exact) mass is 467 g/mol. The van der Waals surface area contributed by atoms with Crippen molar-refractivity contribution in [3.63, 3.8) is 0 Å². The van der Waals surface area contributed by atoms with Gasteiger partial charge in [-0.25, -0.2) is 14.0 Å². The van der Waals surface area contributed by atoms with Crippen LogP contribution >= 0.6 is 0 Å². The summed E-state index contributed by atoms with van der Waals surface area (Å²) >= 11 is 0. The van der Waals surface area contributed by atoms with Crippen LogP contribution in [0.15, 0.2) is 59.7 Å². The first-order valence-corrected chi connectivity index (χ1v) is 11.8. The Labute approximate surface area is 199 Å². The van der Waals surface area contributed by atoms with Gasteiger partial charge in [0, 0.05) is 37.6 Å². The highest BCUT2D eigenvalue weighted by Crippen LogP contribution is 2.24. The SMILES string of the molecule is CCC(C)n1ncn(-c2ccc(N3CCN(c4ccc(OCC(O)CO)cc4)CC3)cc2)c1=O. The first kappa shape index (κ1) is 23.8. The summed E-state index contributed by atoms with van der Waals surface area (Å²) < 4.78 is 8.60. The topological polar surface area (TPSA) is 96.0 Å². The van der Waals surface area contributed by atoms with Crippen molar-refractivity contribution < 1.29 is 14.9 Å². The molecule has 3 aromatic rings. The Morgan fingerprint density at radius 2 is 1.47 bits per heavy atom. The predicted molar refractivity (Wildman–Crippen MR) is 132 cm³/mol. The normalized spacial score (nSPS) is 15.9. The van der Waals surface area contributed by atoms with Crippen molar-refractivity contribution in [3.8, 4) is 11.4 Å². The molecule has 2 heterocycles. The molecule has 9 heteroatoms. The van der Waals surface area contributed by atoms with Crippen LogP contribution in [0.1, 0.15) is 26.3 Å². The third kappa shape index (κ3) is 5.26. The summed E-state index contributed by atoms with van der Waals surface area (Å²) in [6.07, 6.45) is 1.58. The molecule has 1 aliphatic rings. The van der Waals surface area contributed by atoms with Gasteiger partial charge in [0.25, 0.3) is 0 Å². The maximum absolute atomic E-state index is 12.6. The molecule has 1 fully saturated rings. The number of aliphatic hydroxyl groups excluding tert-OH is 2. The smallest absolute Gasteiger partial charge is 0.350 e. The van der Waals surface area contributed by atoms with E-state index in [0.717, 1.165) is 49.7 Å². The van der Waals surface area contributed by atoms with Crippen LogP contribution in [0.4, 0.5) is 11.4 Å². The molecule has 9 nitrogen and oxygen atoms in total. The number of anilines is 2. The summed E-state index contributed by atoms with van der Waals surface area (Å²) in [5, 5.41) is 22.5. The molecular weight excluding hydrogens is 434 g/mol. The molecule has 1 aromatic heterocycles.